The van der Waals surface area contributed by atoms with E-state index in [1.165, 1.54) is 14.0 Å². The third-order valence-electron chi connectivity index (χ3n) is 12.8. The number of hydrogen-bond donors (Lipinski definition) is 2. The molecule has 11 heteroatoms. The predicted molar refractivity (Wildman–Crippen MR) is 154 cm³/mol. The molecule has 6 fully saturated rings. The van der Waals surface area contributed by atoms with E-state index in [0.717, 1.165) is 0 Å². The van der Waals surface area contributed by atoms with Gasteiger partial charge in [0.15, 0.2) is 0 Å². The summed E-state index contributed by atoms with van der Waals surface area (Å²) < 4.78 is 37.6. The topological polar surface area (TPSA) is 133 Å². The number of rotatable bonds is 8. The van der Waals surface area contributed by atoms with Crippen LogP contribution in [0.15, 0.2) is 30.3 Å². The minimum Gasteiger partial charge on any atom is -0.458 e. The van der Waals surface area contributed by atoms with E-state index >= 15 is 0 Å². The van der Waals surface area contributed by atoms with Gasteiger partial charge in [0.2, 0.25) is 0 Å². The lowest BCUT2D eigenvalue weighted by molar-refractivity contribution is -0.298. The Hall–Kier alpha value is -2.12. The lowest BCUT2D eigenvalue weighted by Crippen LogP contribution is -2.78. The quantitative estimate of drug-likeness (QED) is 0.410. The molecule has 242 valence electrons. The van der Waals surface area contributed by atoms with E-state index in [1.54, 1.807) is 45.6 Å². The summed E-state index contributed by atoms with van der Waals surface area (Å²) in [5, 5.41) is 24.6. The number of fused-ring (bicyclic) bond motifs is 2. The Kier molecular flexibility index (Phi) is 7.07. The number of hydrogen-bond acceptors (Lipinski definition) is 11. The molecule has 11 nitrogen and oxygen atoms in total. The SMILES string of the molecule is COC[C@]12CN(C)C3[C@@H]4[C@H](OC)[C@H]1[C@@]3([C@@H](OC)C[C@H]2O)[C@@H]1C[C@]2(O)[C@@H](OC)C[C@@]4(OC(C)=O)[C@H]1[C@H]2OC(=O)c1ccccc1. The molecule has 6 aliphatic rings. The van der Waals surface area contributed by atoms with E-state index in [2.05, 4.69) is 11.9 Å². The molecular formula is C33H45NO10. The molecule has 1 unspecified atom stereocenters. The molecule has 1 spiro atoms. The standard InChI is InChI=1S/C33H45NO10/c1-17(35)44-32-14-22(41-5)31(38)13-19(23(32)28(31)43-29(37)18-10-8-7-9-11-18)33-21(40-4)12-20(36)30(16-39-3)15-34(2)27(33)24(32)25(42-6)26(30)33/h7-11,19-28,36,38H,12-16H2,1-6H3/t19-,20-,21+,22+,23-,24+,25+,26-,27?,28-,30+,31+,32-,33+/m1/s1. The zero-order valence-electron chi connectivity index (χ0n) is 26.3. The number of aliphatic hydroxyl groups excluding tert-OH is 1. The van der Waals surface area contributed by atoms with Crippen LogP contribution in [0.1, 0.15) is 36.5 Å². The van der Waals surface area contributed by atoms with Crippen molar-refractivity contribution in [2.75, 3.05) is 48.6 Å². The van der Waals surface area contributed by atoms with E-state index in [-0.39, 0.29) is 30.7 Å². The molecule has 7 bridgehead atoms. The summed E-state index contributed by atoms with van der Waals surface area (Å²) in [4.78, 5) is 29.1. The Balaban J connectivity index is 1.49. The van der Waals surface area contributed by atoms with Crippen molar-refractivity contribution in [3.8, 4) is 0 Å². The number of benzene rings is 1. The van der Waals surface area contributed by atoms with Gasteiger partial charge in [-0.05, 0) is 31.5 Å². The van der Waals surface area contributed by atoms with Gasteiger partial charge in [0.05, 0.1) is 36.6 Å². The average molecular weight is 616 g/mol. The Morgan fingerprint density at radius 2 is 1.70 bits per heavy atom. The number of aliphatic hydroxyl groups is 2. The minimum atomic E-state index is -1.55. The van der Waals surface area contributed by atoms with Crippen molar-refractivity contribution in [3.63, 3.8) is 0 Å². The van der Waals surface area contributed by atoms with Crippen LogP contribution in [0.2, 0.25) is 0 Å². The summed E-state index contributed by atoms with van der Waals surface area (Å²) in [6.45, 7) is 2.26. The molecule has 0 aromatic heterocycles. The first-order valence-corrected chi connectivity index (χ1v) is 15.6. The van der Waals surface area contributed by atoms with E-state index in [1.807, 2.05) is 6.07 Å². The van der Waals surface area contributed by atoms with Gasteiger partial charge in [-0.3, -0.25) is 4.79 Å². The van der Waals surface area contributed by atoms with Gasteiger partial charge in [0, 0.05) is 89.4 Å². The molecule has 1 aliphatic heterocycles. The van der Waals surface area contributed by atoms with Crippen LogP contribution in [0.5, 0.6) is 0 Å². The molecule has 7 rings (SSSR count). The Labute approximate surface area is 258 Å². The molecule has 14 atom stereocenters. The highest BCUT2D eigenvalue weighted by molar-refractivity contribution is 5.89. The maximum atomic E-state index is 13.7. The molecule has 5 saturated carbocycles. The fourth-order valence-electron chi connectivity index (χ4n) is 12.1. The van der Waals surface area contributed by atoms with Crippen LogP contribution in [0.4, 0.5) is 0 Å². The number of methoxy groups -OCH3 is 4. The first-order chi connectivity index (χ1) is 21.0. The first kappa shape index (κ1) is 30.5. The largest absolute Gasteiger partial charge is 0.458 e. The van der Waals surface area contributed by atoms with E-state index in [9.17, 15) is 19.8 Å². The second-order valence-electron chi connectivity index (χ2n) is 14.2. The first-order valence-electron chi connectivity index (χ1n) is 15.6. The maximum Gasteiger partial charge on any atom is 0.338 e. The predicted octanol–water partition coefficient (Wildman–Crippen LogP) is 1.29. The number of piperidine rings is 1. The zero-order valence-corrected chi connectivity index (χ0v) is 26.3. The molecule has 5 aliphatic carbocycles. The Bertz CT molecular complexity index is 1310. The van der Waals surface area contributed by atoms with Gasteiger partial charge >= 0.3 is 11.9 Å². The molecule has 1 saturated heterocycles. The van der Waals surface area contributed by atoms with Gasteiger partial charge in [-0.25, -0.2) is 4.79 Å². The lowest BCUT2D eigenvalue weighted by Gasteiger charge is -2.69. The van der Waals surface area contributed by atoms with Crippen LogP contribution in [0.3, 0.4) is 0 Å². The van der Waals surface area contributed by atoms with E-state index in [4.69, 9.17) is 28.4 Å². The van der Waals surface area contributed by atoms with Gasteiger partial charge < -0.3 is 43.5 Å². The second-order valence-corrected chi connectivity index (χ2v) is 14.2. The molecule has 0 amide bonds. The molecular weight excluding hydrogens is 570 g/mol. The van der Waals surface area contributed by atoms with Gasteiger partial charge in [-0.2, -0.15) is 0 Å². The molecule has 1 aromatic rings. The fraction of sp³-hybridized carbons (Fsp3) is 0.758. The molecule has 1 heterocycles. The van der Waals surface area contributed by atoms with Crippen molar-refractivity contribution in [1.82, 2.24) is 4.90 Å². The van der Waals surface area contributed by atoms with Crippen molar-refractivity contribution in [3.05, 3.63) is 35.9 Å². The number of esters is 2. The van der Waals surface area contributed by atoms with Crippen molar-refractivity contribution in [2.45, 2.75) is 73.9 Å². The van der Waals surface area contributed by atoms with Crippen molar-refractivity contribution in [1.29, 1.82) is 0 Å². The zero-order chi connectivity index (χ0) is 31.4. The third kappa shape index (κ3) is 3.47. The third-order valence-corrected chi connectivity index (χ3v) is 12.8. The number of likely N-dealkylation sites (tertiary alicyclic amines) is 1. The van der Waals surface area contributed by atoms with Crippen molar-refractivity contribution >= 4 is 11.9 Å². The normalized spacial score (nSPS) is 49.9. The molecule has 1 aromatic carbocycles. The number of carbonyl (C=O) groups is 2. The van der Waals surface area contributed by atoms with Gasteiger partial charge in [0.25, 0.3) is 0 Å². The second kappa shape index (κ2) is 10.2. The van der Waals surface area contributed by atoms with Crippen molar-refractivity contribution in [2.24, 2.45) is 34.5 Å². The number of carbonyl (C=O) groups excluding carboxylic acids is 2. The summed E-state index contributed by atoms with van der Waals surface area (Å²) in [5.41, 5.74) is -3.74. The molecule has 0 radical (unpaired) electrons. The van der Waals surface area contributed by atoms with Crippen LogP contribution in [-0.2, 0) is 33.2 Å². The average Bonchev–Trinajstić information content (AvgIpc) is 3.38. The van der Waals surface area contributed by atoms with Crippen LogP contribution in [0.25, 0.3) is 0 Å². The number of ether oxygens (including phenoxy) is 6. The molecule has 44 heavy (non-hydrogen) atoms. The summed E-state index contributed by atoms with van der Waals surface area (Å²) in [5.74, 6) is -2.57. The Morgan fingerprint density at radius 3 is 2.32 bits per heavy atom. The Morgan fingerprint density at radius 1 is 1.00 bits per heavy atom. The van der Waals surface area contributed by atoms with Crippen LogP contribution >= 0.6 is 0 Å². The summed E-state index contributed by atoms with van der Waals surface area (Å²) in [6, 6.07) is 8.53. The fourth-order valence-corrected chi connectivity index (χ4v) is 12.1. The maximum absolute atomic E-state index is 13.7. The van der Waals surface area contributed by atoms with Gasteiger partial charge in [-0.15, -0.1) is 0 Å². The summed E-state index contributed by atoms with van der Waals surface area (Å²) in [7, 11) is 8.59. The molecule has 2 N–H and O–H groups in total. The van der Waals surface area contributed by atoms with Gasteiger partial charge in [0.1, 0.15) is 17.3 Å². The monoisotopic (exact) mass is 615 g/mol. The van der Waals surface area contributed by atoms with Crippen LogP contribution in [0, 0.1) is 34.5 Å². The minimum absolute atomic E-state index is 0.177. The number of nitrogens with zero attached hydrogens (tertiary/aromatic N) is 1. The lowest BCUT2D eigenvalue weighted by atomic mass is 9.42. The summed E-state index contributed by atoms with van der Waals surface area (Å²) >= 11 is 0. The summed E-state index contributed by atoms with van der Waals surface area (Å²) in [6.07, 6.45) is -2.57. The van der Waals surface area contributed by atoms with E-state index < -0.39 is 76.3 Å². The van der Waals surface area contributed by atoms with Crippen LogP contribution < -0.4 is 0 Å². The highest BCUT2D eigenvalue weighted by Crippen LogP contribution is 2.80. The highest BCUT2D eigenvalue weighted by atomic mass is 16.6. The van der Waals surface area contributed by atoms with Crippen molar-refractivity contribution < 1.29 is 48.2 Å². The van der Waals surface area contributed by atoms with Gasteiger partial charge in [-0.1, -0.05) is 18.2 Å². The van der Waals surface area contributed by atoms with E-state index in [0.29, 0.717) is 25.1 Å². The highest BCUT2D eigenvalue weighted by Gasteiger charge is 2.90. The van der Waals surface area contributed by atoms with Crippen LogP contribution in [-0.4, -0.2) is 123 Å². The smallest absolute Gasteiger partial charge is 0.338 e.